The number of ether oxygens (including phenoxy) is 2. The maximum atomic E-state index is 13.5. The van der Waals surface area contributed by atoms with Gasteiger partial charge in [-0.25, -0.2) is 0 Å². The molecule has 5 heteroatoms. The number of rotatable bonds is 7. The van der Waals surface area contributed by atoms with E-state index in [1.54, 1.807) is 20.3 Å². The lowest BCUT2D eigenvalue weighted by Gasteiger charge is -2.18. The number of carbonyl (C=O) groups excluding carboxylic acids is 1. The van der Waals surface area contributed by atoms with Crippen LogP contribution in [0.15, 0.2) is 36.4 Å². The molecule has 0 saturated carbocycles. The van der Waals surface area contributed by atoms with E-state index in [9.17, 15) is 4.79 Å². The van der Waals surface area contributed by atoms with Crippen molar-refractivity contribution in [1.82, 2.24) is 4.98 Å². The second kappa shape index (κ2) is 8.95. The highest BCUT2D eigenvalue weighted by Crippen LogP contribution is 2.34. The third-order valence-electron chi connectivity index (χ3n) is 5.13. The first kappa shape index (κ1) is 20.6. The largest absolute Gasteiger partial charge is 0.493 e. The molecule has 0 unspecified atom stereocenters. The van der Waals surface area contributed by atoms with Crippen LogP contribution in [0.2, 0.25) is 0 Å². The molecule has 0 spiro atoms. The molecule has 0 aliphatic carbocycles. The summed E-state index contributed by atoms with van der Waals surface area (Å²) in [5, 5.41) is 3.96. The fraction of sp³-hybridized carbons (Fsp3) is 0.333. The molecule has 1 amide bonds. The lowest BCUT2D eigenvalue weighted by Crippen LogP contribution is -2.18. The van der Waals surface area contributed by atoms with E-state index < -0.39 is 0 Å². The average molecular weight is 392 g/mol. The van der Waals surface area contributed by atoms with Crippen molar-refractivity contribution < 1.29 is 14.3 Å². The second-order valence-corrected chi connectivity index (χ2v) is 7.01. The highest BCUT2D eigenvalue weighted by molar-refractivity contribution is 6.14. The first-order valence-corrected chi connectivity index (χ1v) is 9.98. The fourth-order valence-electron chi connectivity index (χ4n) is 3.69. The van der Waals surface area contributed by atoms with Gasteiger partial charge in [-0.2, -0.15) is 0 Å². The first-order chi connectivity index (χ1) is 14.0. The molecule has 0 radical (unpaired) electrons. The molecule has 1 aromatic heterocycles. The summed E-state index contributed by atoms with van der Waals surface area (Å²) < 4.78 is 10.8. The SMILES string of the molecule is CCCc1nc2ccccc2c(C(=O)Nc2cc(OC)c(OC)cc2C)c1CC. The normalized spacial score (nSPS) is 10.8. The summed E-state index contributed by atoms with van der Waals surface area (Å²) in [6.07, 6.45) is 2.58. The van der Waals surface area contributed by atoms with Crippen LogP contribution < -0.4 is 14.8 Å². The number of hydrogen-bond acceptors (Lipinski definition) is 4. The summed E-state index contributed by atoms with van der Waals surface area (Å²) >= 11 is 0. The van der Waals surface area contributed by atoms with E-state index in [4.69, 9.17) is 14.5 Å². The molecule has 0 aliphatic heterocycles. The van der Waals surface area contributed by atoms with Crippen molar-refractivity contribution in [2.45, 2.75) is 40.0 Å². The average Bonchev–Trinajstić information content (AvgIpc) is 2.73. The highest BCUT2D eigenvalue weighted by Gasteiger charge is 2.20. The Morgan fingerprint density at radius 1 is 1.07 bits per heavy atom. The number of para-hydroxylation sites is 1. The van der Waals surface area contributed by atoms with Crippen molar-refractivity contribution in [2.75, 3.05) is 19.5 Å². The van der Waals surface area contributed by atoms with Gasteiger partial charge in [0.05, 0.1) is 25.3 Å². The van der Waals surface area contributed by atoms with Gasteiger partial charge < -0.3 is 14.8 Å². The predicted octanol–water partition coefficient (Wildman–Crippen LogP) is 5.33. The minimum absolute atomic E-state index is 0.131. The van der Waals surface area contributed by atoms with Crippen LogP contribution in [0.3, 0.4) is 0 Å². The van der Waals surface area contributed by atoms with Crippen molar-refractivity contribution in [3.8, 4) is 11.5 Å². The Morgan fingerprint density at radius 3 is 2.41 bits per heavy atom. The first-order valence-electron chi connectivity index (χ1n) is 9.98. The molecule has 3 rings (SSSR count). The Balaban J connectivity index is 2.12. The fourth-order valence-corrected chi connectivity index (χ4v) is 3.69. The number of methoxy groups -OCH3 is 2. The van der Waals surface area contributed by atoms with Crippen LogP contribution in [-0.4, -0.2) is 25.1 Å². The summed E-state index contributed by atoms with van der Waals surface area (Å²) in [5.74, 6) is 1.08. The molecule has 2 aromatic carbocycles. The second-order valence-electron chi connectivity index (χ2n) is 7.01. The number of fused-ring (bicyclic) bond motifs is 1. The van der Waals surface area contributed by atoms with Gasteiger partial charge in [-0.3, -0.25) is 9.78 Å². The van der Waals surface area contributed by atoms with Gasteiger partial charge in [0.25, 0.3) is 5.91 Å². The molecule has 1 N–H and O–H groups in total. The number of amides is 1. The summed E-state index contributed by atoms with van der Waals surface area (Å²) in [5.41, 5.74) is 5.18. The molecule has 3 aromatic rings. The number of carbonyl (C=O) groups is 1. The topological polar surface area (TPSA) is 60.5 Å². The summed E-state index contributed by atoms with van der Waals surface area (Å²) in [4.78, 5) is 18.3. The maximum absolute atomic E-state index is 13.5. The number of aromatic nitrogens is 1. The van der Waals surface area contributed by atoms with Crippen LogP contribution in [0.4, 0.5) is 5.69 Å². The van der Waals surface area contributed by atoms with Crippen molar-refractivity contribution in [2.24, 2.45) is 0 Å². The third-order valence-corrected chi connectivity index (χ3v) is 5.13. The zero-order chi connectivity index (χ0) is 21.0. The Morgan fingerprint density at radius 2 is 1.76 bits per heavy atom. The van der Waals surface area contributed by atoms with Gasteiger partial charge in [0.15, 0.2) is 11.5 Å². The van der Waals surface area contributed by atoms with Crippen LogP contribution >= 0.6 is 0 Å². The van der Waals surface area contributed by atoms with Gasteiger partial charge in [0, 0.05) is 22.8 Å². The molecule has 0 aliphatic rings. The van der Waals surface area contributed by atoms with Gasteiger partial charge in [-0.1, -0.05) is 38.5 Å². The third kappa shape index (κ3) is 4.04. The molecule has 29 heavy (non-hydrogen) atoms. The summed E-state index contributed by atoms with van der Waals surface area (Å²) in [6, 6.07) is 11.5. The summed E-state index contributed by atoms with van der Waals surface area (Å²) in [6.45, 7) is 6.14. The van der Waals surface area contributed by atoms with Crippen molar-refractivity contribution in [3.63, 3.8) is 0 Å². The number of anilines is 1. The monoisotopic (exact) mass is 392 g/mol. The molecule has 152 valence electrons. The zero-order valence-electron chi connectivity index (χ0n) is 17.8. The van der Waals surface area contributed by atoms with Crippen molar-refractivity contribution >= 4 is 22.5 Å². The minimum Gasteiger partial charge on any atom is -0.493 e. The van der Waals surface area contributed by atoms with E-state index in [2.05, 4.69) is 19.2 Å². The van der Waals surface area contributed by atoms with Crippen LogP contribution in [-0.2, 0) is 12.8 Å². The zero-order valence-corrected chi connectivity index (χ0v) is 17.8. The Bertz CT molecular complexity index is 1040. The van der Waals surface area contributed by atoms with E-state index >= 15 is 0 Å². The van der Waals surface area contributed by atoms with Crippen LogP contribution in [0, 0.1) is 6.92 Å². The van der Waals surface area contributed by atoms with Gasteiger partial charge in [0.2, 0.25) is 0 Å². The Hall–Kier alpha value is -3.08. The number of aryl methyl sites for hydroxylation is 2. The van der Waals surface area contributed by atoms with E-state index in [0.29, 0.717) is 22.7 Å². The number of nitrogens with one attached hydrogen (secondary N) is 1. The summed E-state index contributed by atoms with van der Waals surface area (Å²) in [7, 11) is 3.18. The minimum atomic E-state index is -0.131. The molecule has 1 heterocycles. The number of pyridine rings is 1. The van der Waals surface area contributed by atoms with Crippen LogP contribution in [0.25, 0.3) is 10.9 Å². The molecular formula is C24H28N2O3. The molecule has 0 atom stereocenters. The lowest BCUT2D eigenvalue weighted by molar-refractivity contribution is 0.102. The van der Waals surface area contributed by atoms with E-state index in [1.807, 2.05) is 37.3 Å². The van der Waals surface area contributed by atoms with Crippen LogP contribution in [0.1, 0.15) is 47.4 Å². The van der Waals surface area contributed by atoms with Gasteiger partial charge >= 0.3 is 0 Å². The van der Waals surface area contributed by atoms with Crippen molar-refractivity contribution in [3.05, 3.63) is 58.8 Å². The van der Waals surface area contributed by atoms with E-state index in [-0.39, 0.29) is 5.91 Å². The lowest BCUT2D eigenvalue weighted by atomic mass is 9.95. The molecule has 0 fully saturated rings. The van der Waals surface area contributed by atoms with Gasteiger partial charge in [-0.15, -0.1) is 0 Å². The smallest absolute Gasteiger partial charge is 0.256 e. The van der Waals surface area contributed by atoms with Crippen molar-refractivity contribution in [1.29, 1.82) is 0 Å². The van der Waals surface area contributed by atoms with Crippen LogP contribution in [0.5, 0.6) is 11.5 Å². The van der Waals surface area contributed by atoms with Gasteiger partial charge in [0.1, 0.15) is 0 Å². The van der Waals surface area contributed by atoms with E-state index in [1.165, 1.54) is 0 Å². The standard InChI is InChI=1S/C24H28N2O3/c1-6-10-18-16(7-2)23(17-11-8-9-12-19(17)25-18)24(27)26-20-14-22(29-5)21(28-4)13-15(20)3/h8-9,11-14H,6-7,10H2,1-5H3,(H,26,27). The molecule has 0 saturated heterocycles. The maximum Gasteiger partial charge on any atom is 0.256 e. The number of hydrogen-bond donors (Lipinski definition) is 1. The number of benzene rings is 2. The predicted molar refractivity (Wildman–Crippen MR) is 117 cm³/mol. The molecular weight excluding hydrogens is 364 g/mol. The Kier molecular flexibility index (Phi) is 6.37. The molecule has 5 nitrogen and oxygen atoms in total. The Labute approximate surface area is 172 Å². The quantitative estimate of drug-likeness (QED) is 0.590. The van der Waals surface area contributed by atoms with Gasteiger partial charge in [-0.05, 0) is 43.0 Å². The van der Waals surface area contributed by atoms with E-state index in [0.717, 1.165) is 47.0 Å². The highest BCUT2D eigenvalue weighted by atomic mass is 16.5. The molecule has 0 bridgehead atoms. The number of nitrogens with zero attached hydrogens (tertiary/aromatic N) is 1.